The molecular weight excluding hydrogens is 252 g/mol. The first-order valence-electron chi connectivity index (χ1n) is 6.17. The number of anilines is 1. The van der Waals surface area contributed by atoms with Gasteiger partial charge in [-0.05, 0) is 36.6 Å². The Bertz CT molecular complexity index is 681. The van der Waals surface area contributed by atoms with Gasteiger partial charge in [-0.25, -0.2) is 0 Å². The molecule has 0 atom stereocenters. The van der Waals surface area contributed by atoms with Gasteiger partial charge in [-0.2, -0.15) is 5.10 Å². The van der Waals surface area contributed by atoms with Crippen LogP contribution >= 0.6 is 11.3 Å². The molecule has 0 amide bonds. The first-order valence-corrected chi connectivity index (χ1v) is 6.99. The number of hydrogen-bond acceptors (Lipinski definition) is 3. The van der Waals surface area contributed by atoms with E-state index in [2.05, 4.69) is 40.9 Å². The lowest BCUT2D eigenvalue weighted by atomic mass is 10.2. The fourth-order valence-electron chi connectivity index (χ4n) is 1.88. The van der Waals surface area contributed by atoms with E-state index in [4.69, 9.17) is 0 Å². The third-order valence-electron chi connectivity index (χ3n) is 2.91. The molecule has 0 bridgehead atoms. The Morgan fingerprint density at radius 2 is 1.74 bits per heavy atom. The van der Waals surface area contributed by atoms with Gasteiger partial charge in [0.2, 0.25) is 0 Å². The van der Waals surface area contributed by atoms with Crippen molar-refractivity contribution in [3.8, 4) is 0 Å². The van der Waals surface area contributed by atoms with Crippen molar-refractivity contribution in [3.63, 3.8) is 0 Å². The molecule has 1 heterocycles. The Kier molecular flexibility index (Phi) is 3.29. The van der Waals surface area contributed by atoms with Gasteiger partial charge in [0, 0.05) is 4.70 Å². The second kappa shape index (κ2) is 5.24. The molecule has 1 N–H and O–H groups in total. The van der Waals surface area contributed by atoms with Crippen molar-refractivity contribution in [2.75, 3.05) is 5.43 Å². The van der Waals surface area contributed by atoms with Crippen LogP contribution in [0.5, 0.6) is 0 Å². The van der Waals surface area contributed by atoms with Crippen LogP contribution in [0.25, 0.3) is 10.1 Å². The highest BCUT2D eigenvalue weighted by atomic mass is 32.1. The lowest BCUT2D eigenvalue weighted by molar-refractivity contribution is 1.33. The van der Waals surface area contributed by atoms with E-state index in [0.29, 0.717) is 0 Å². The van der Waals surface area contributed by atoms with Crippen molar-refractivity contribution in [2.45, 2.75) is 6.92 Å². The van der Waals surface area contributed by atoms with Crippen molar-refractivity contribution >= 4 is 32.8 Å². The van der Waals surface area contributed by atoms with Gasteiger partial charge in [0.15, 0.2) is 0 Å². The molecule has 3 rings (SSSR count). The summed E-state index contributed by atoms with van der Waals surface area (Å²) in [7, 11) is 0. The Morgan fingerprint density at radius 1 is 1.00 bits per heavy atom. The summed E-state index contributed by atoms with van der Waals surface area (Å²) < 4.78 is 1.30. The van der Waals surface area contributed by atoms with E-state index in [1.54, 1.807) is 11.3 Å². The number of thiophene rings is 1. The maximum atomic E-state index is 4.44. The van der Waals surface area contributed by atoms with E-state index in [1.165, 1.54) is 15.0 Å². The average Bonchev–Trinajstić information content (AvgIpc) is 2.90. The predicted octanol–water partition coefficient (Wildman–Crippen LogP) is 4.74. The van der Waals surface area contributed by atoms with Crippen LogP contribution in [0.15, 0.2) is 65.8 Å². The summed E-state index contributed by atoms with van der Waals surface area (Å²) in [6.45, 7) is 2.03. The highest BCUT2D eigenvalue weighted by Gasteiger charge is 2.03. The van der Waals surface area contributed by atoms with Crippen LogP contribution in [0.3, 0.4) is 0 Å². The van der Waals surface area contributed by atoms with E-state index in [9.17, 15) is 0 Å². The second-order valence-corrected chi connectivity index (χ2v) is 5.41. The minimum absolute atomic E-state index is 1.00. The highest BCUT2D eigenvalue weighted by Crippen LogP contribution is 2.25. The minimum Gasteiger partial charge on any atom is -0.278 e. The molecule has 94 valence electrons. The number of rotatable bonds is 3. The number of fused-ring (bicyclic) bond motifs is 1. The molecule has 0 unspecified atom stereocenters. The molecule has 2 nitrogen and oxygen atoms in total. The SMILES string of the molecule is CC(=NNc1ccccc1)c1cc2ccccc2s1. The molecular formula is C16H14N2S. The van der Waals surface area contributed by atoms with Crippen LogP contribution in [0.4, 0.5) is 5.69 Å². The third-order valence-corrected chi connectivity index (χ3v) is 4.13. The maximum absolute atomic E-state index is 4.44. The van der Waals surface area contributed by atoms with Crippen LogP contribution in [0.1, 0.15) is 11.8 Å². The first-order chi connectivity index (χ1) is 9.33. The molecule has 0 aliphatic rings. The summed E-state index contributed by atoms with van der Waals surface area (Å²) >= 11 is 1.77. The molecule has 0 saturated heterocycles. The van der Waals surface area contributed by atoms with Gasteiger partial charge in [-0.3, -0.25) is 5.43 Å². The van der Waals surface area contributed by atoms with E-state index < -0.39 is 0 Å². The van der Waals surface area contributed by atoms with E-state index in [-0.39, 0.29) is 0 Å². The minimum atomic E-state index is 1.00. The summed E-state index contributed by atoms with van der Waals surface area (Å²) in [4.78, 5) is 1.20. The van der Waals surface area contributed by atoms with Gasteiger partial charge in [0.25, 0.3) is 0 Å². The fraction of sp³-hybridized carbons (Fsp3) is 0.0625. The van der Waals surface area contributed by atoms with Crippen LogP contribution in [-0.2, 0) is 0 Å². The van der Waals surface area contributed by atoms with Crippen LogP contribution < -0.4 is 5.43 Å². The Hall–Kier alpha value is -2.13. The Labute approximate surface area is 116 Å². The quantitative estimate of drug-likeness (QED) is 0.537. The van der Waals surface area contributed by atoms with Crippen molar-refractivity contribution in [1.29, 1.82) is 0 Å². The van der Waals surface area contributed by atoms with E-state index in [1.807, 2.05) is 37.3 Å². The lowest BCUT2D eigenvalue weighted by Crippen LogP contribution is -1.96. The number of nitrogens with one attached hydrogen (secondary N) is 1. The molecule has 3 heteroatoms. The van der Waals surface area contributed by atoms with Crippen molar-refractivity contribution in [3.05, 3.63) is 65.5 Å². The van der Waals surface area contributed by atoms with E-state index in [0.717, 1.165) is 11.4 Å². The van der Waals surface area contributed by atoms with Gasteiger partial charge in [0.05, 0.1) is 16.3 Å². The van der Waals surface area contributed by atoms with Crippen LogP contribution in [0.2, 0.25) is 0 Å². The predicted molar refractivity (Wildman–Crippen MR) is 84.1 cm³/mol. The van der Waals surface area contributed by atoms with Crippen molar-refractivity contribution < 1.29 is 0 Å². The number of nitrogens with zero attached hydrogens (tertiary/aromatic N) is 1. The maximum Gasteiger partial charge on any atom is 0.0748 e. The van der Waals surface area contributed by atoms with Crippen LogP contribution in [-0.4, -0.2) is 5.71 Å². The summed E-state index contributed by atoms with van der Waals surface area (Å²) in [6.07, 6.45) is 0. The van der Waals surface area contributed by atoms with Gasteiger partial charge in [-0.1, -0.05) is 36.4 Å². The Balaban J connectivity index is 1.85. The van der Waals surface area contributed by atoms with E-state index >= 15 is 0 Å². The largest absolute Gasteiger partial charge is 0.278 e. The molecule has 0 spiro atoms. The van der Waals surface area contributed by atoms with Gasteiger partial charge < -0.3 is 0 Å². The third kappa shape index (κ3) is 2.66. The first kappa shape index (κ1) is 11.9. The number of hydrazone groups is 1. The van der Waals surface area contributed by atoms with Gasteiger partial charge in [-0.15, -0.1) is 11.3 Å². The molecule has 1 aromatic heterocycles. The number of hydrogen-bond donors (Lipinski definition) is 1. The monoisotopic (exact) mass is 266 g/mol. The highest BCUT2D eigenvalue weighted by molar-refractivity contribution is 7.20. The molecule has 0 aliphatic carbocycles. The molecule has 0 aliphatic heterocycles. The number of benzene rings is 2. The average molecular weight is 266 g/mol. The molecule has 3 aromatic rings. The standard InChI is InChI=1S/C16H14N2S/c1-12(17-18-14-8-3-2-4-9-14)16-11-13-7-5-6-10-15(13)19-16/h2-11,18H,1H3. The lowest BCUT2D eigenvalue weighted by Gasteiger charge is -2.00. The summed E-state index contributed by atoms with van der Waals surface area (Å²) in [5, 5.41) is 5.71. The topological polar surface area (TPSA) is 24.4 Å². The molecule has 0 saturated carbocycles. The zero-order chi connectivity index (χ0) is 13.1. The fourth-order valence-corrected chi connectivity index (χ4v) is 2.88. The second-order valence-electron chi connectivity index (χ2n) is 4.32. The smallest absolute Gasteiger partial charge is 0.0748 e. The number of para-hydroxylation sites is 1. The molecule has 2 aromatic carbocycles. The molecule has 0 radical (unpaired) electrons. The molecule has 0 fully saturated rings. The summed E-state index contributed by atoms with van der Waals surface area (Å²) in [5.41, 5.74) is 5.09. The van der Waals surface area contributed by atoms with Crippen molar-refractivity contribution in [2.24, 2.45) is 5.10 Å². The normalized spacial score (nSPS) is 11.7. The van der Waals surface area contributed by atoms with Crippen molar-refractivity contribution in [1.82, 2.24) is 0 Å². The summed E-state index contributed by atoms with van der Waals surface area (Å²) in [5.74, 6) is 0. The zero-order valence-electron chi connectivity index (χ0n) is 10.6. The van der Waals surface area contributed by atoms with Crippen LogP contribution in [0, 0.1) is 0 Å². The summed E-state index contributed by atoms with van der Waals surface area (Å²) in [6, 6.07) is 20.6. The zero-order valence-corrected chi connectivity index (χ0v) is 11.4. The van der Waals surface area contributed by atoms with Gasteiger partial charge >= 0.3 is 0 Å². The molecule has 19 heavy (non-hydrogen) atoms. The Morgan fingerprint density at radius 3 is 2.53 bits per heavy atom. The van der Waals surface area contributed by atoms with Gasteiger partial charge in [0.1, 0.15) is 0 Å².